The SMILES string of the molecule is CN(C)CC(=O)NCC1CCC(NC(=O)N2C=CN(c3cccc(C(F)(F)F)c3)C2)CC1. The van der Waals surface area contributed by atoms with Gasteiger partial charge in [0.25, 0.3) is 0 Å². The third-order valence-electron chi connectivity index (χ3n) is 5.72. The molecule has 0 aromatic heterocycles. The Morgan fingerprint density at radius 2 is 1.84 bits per heavy atom. The average molecular weight is 454 g/mol. The smallest absolute Gasteiger partial charge is 0.355 e. The number of halogens is 3. The van der Waals surface area contributed by atoms with Crippen molar-refractivity contribution in [2.45, 2.75) is 37.9 Å². The van der Waals surface area contributed by atoms with Crippen LogP contribution in [0.15, 0.2) is 36.7 Å². The van der Waals surface area contributed by atoms with Gasteiger partial charge in [-0.25, -0.2) is 4.79 Å². The minimum Gasteiger partial charge on any atom is -0.355 e. The highest BCUT2D eigenvalue weighted by Crippen LogP contribution is 2.32. The zero-order chi connectivity index (χ0) is 23.3. The van der Waals surface area contributed by atoms with Gasteiger partial charge in [0, 0.05) is 30.7 Å². The number of nitrogens with one attached hydrogen (secondary N) is 2. The van der Waals surface area contributed by atoms with Crippen LogP contribution in [-0.4, -0.2) is 61.6 Å². The second-order valence-electron chi connectivity index (χ2n) is 8.64. The first-order valence-corrected chi connectivity index (χ1v) is 10.7. The Hall–Kier alpha value is -2.75. The highest BCUT2D eigenvalue weighted by molar-refractivity contribution is 5.78. The number of benzene rings is 1. The summed E-state index contributed by atoms with van der Waals surface area (Å²) in [5.74, 6) is 0.411. The van der Waals surface area contributed by atoms with Gasteiger partial charge in [-0.2, -0.15) is 13.2 Å². The molecular weight excluding hydrogens is 423 g/mol. The molecule has 0 spiro atoms. The third-order valence-corrected chi connectivity index (χ3v) is 5.72. The molecule has 0 bridgehead atoms. The van der Waals surface area contributed by atoms with Crippen LogP contribution in [-0.2, 0) is 11.0 Å². The molecule has 1 heterocycles. The Morgan fingerprint density at radius 1 is 1.12 bits per heavy atom. The van der Waals surface area contributed by atoms with E-state index in [0.29, 0.717) is 24.7 Å². The van der Waals surface area contributed by atoms with Gasteiger partial charge in [0.2, 0.25) is 5.91 Å². The van der Waals surface area contributed by atoms with Crippen molar-refractivity contribution < 1.29 is 22.8 Å². The molecule has 3 rings (SSSR count). The van der Waals surface area contributed by atoms with Gasteiger partial charge in [-0.1, -0.05) is 6.07 Å². The van der Waals surface area contributed by atoms with Crippen LogP contribution < -0.4 is 15.5 Å². The van der Waals surface area contributed by atoms with Crippen LogP contribution in [0.25, 0.3) is 0 Å². The van der Waals surface area contributed by atoms with Crippen LogP contribution in [0.3, 0.4) is 0 Å². The quantitative estimate of drug-likeness (QED) is 0.694. The summed E-state index contributed by atoms with van der Waals surface area (Å²) in [5.41, 5.74) is -0.343. The lowest BCUT2D eigenvalue weighted by Crippen LogP contribution is -2.45. The molecule has 2 aliphatic rings. The number of likely N-dealkylation sites (N-methyl/N-ethyl adjacent to an activating group) is 1. The highest BCUT2D eigenvalue weighted by Gasteiger charge is 2.31. The summed E-state index contributed by atoms with van der Waals surface area (Å²) >= 11 is 0. The van der Waals surface area contributed by atoms with E-state index in [0.717, 1.165) is 37.8 Å². The molecule has 2 N–H and O–H groups in total. The predicted molar refractivity (Wildman–Crippen MR) is 116 cm³/mol. The van der Waals surface area contributed by atoms with E-state index in [1.807, 2.05) is 19.0 Å². The number of anilines is 1. The highest BCUT2D eigenvalue weighted by atomic mass is 19.4. The number of nitrogens with zero attached hydrogens (tertiary/aromatic N) is 3. The van der Waals surface area contributed by atoms with Crippen LogP contribution in [0.5, 0.6) is 0 Å². The number of hydrogen-bond donors (Lipinski definition) is 2. The first kappa shape index (κ1) is 23.9. The molecule has 0 atom stereocenters. The van der Waals surface area contributed by atoms with Crippen molar-refractivity contribution in [3.05, 3.63) is 42.2 Å². The molecule has 176 valence electrons. The third kappa shape index (κ3) is 6.62. The lowest BCUT2D eigenvalue weighted by Gasteiger charge is -2.30. The Kier molecular flexibility index (Phi) is 7.65. The van der Waals surface area contributed by atoms with Crippen molar-refractivity contribution in [1.29, 1.82) is 0 Å². The van der Waals surface area contributed by atoms with Crippen molar-refractivity contribution in [2.24, 2.45) is 5.92 Å². The first-order chi connectivity index (χ1) is 15.1. The number of alkyl halides is 3. The van der Waals surface area contributed by atoms with Gasteiger partial charge in [0.1, 0.15) is 6.67 Å². The maximum Gasteiger partial charge on any atom is 0.416 e. The summed E-state index contributed by atoms with van der Waals surface area (Å²) in [7, 11) is 3.70. The summed E-state index contributed by atoms with van der Waals surface area (Å²) in [6.07, 6.45) is 2.25. The van der Waals surface area contributed by atoms with E-state index in [-0.39, 0.29) is 24.6 Å². The van der Waals surface area contributed by atoms with E-state index < -0.39 is 11.7 Å². The number of rotatable bonds is 6. The minimum absolute atomic E-state index is 0.0107. The van der Waals surface area contributed by atoms with Gasteiger partial charge in [-0.15, -0.1) is 0 Å². The second kappa shape index (κ2) is 10.2. The van der Waals surface area contributed by atoms with Gasteiger partial charge in [-0.05, 0) is 63.9 Å². The van der Waals surface area contributed by atoms with E-state index in [1.54, 1.807) is 23.4 Å². The normalized spacial score (nSPS) is 21.2. The molecule has 0 radical (unpaired) electrons. The summed E-state index contributed by atoms with van der Waals surface area (Å²) in [5, 5.41) is 5.97. The molecule has 7 nitrogen and oxygen atoms in total. The number of hydrogen-bond acceptors (Lipinski definition) is 4. The number of amides is 3. The molecule has 1 saturated carbocycles. The van der Waals surface area contributed by atoms with E-state index in [9.17, 15) is 22.8 Å². The fourth-order valence-corrected chi connectivity index (χ4v) is 3.95. The first-order valence-electron chi connectivity index (χ1n) is 10.7. The maximum atomic E-state index is 13.0. The van der Waals surface area contributed by atoms with Crippen LogP contribution in [0.1, 0.15) is 31.2 Å². The van der Waals surface area contributed by atoms with Gasteiger partial charge < -0.3 is 20.4 Å². The minimum atomic E-state index is -4.41. The van der Waals surface area contributed by atoms with Gasteiger partial charge in [0.05, 0.1) is 12.1 Å². The van der Waals surface area contributed by atoms with Gasteiger partial charge in [0.15, 0.2) is 0 Å². The van der Waals surface area contributed by atoms with Crippen molar-refractivity contribution in [2.75, 3.05) is 38.8 Å². The van der Waals surface area contributed by atoms with Crippen molar-refractivity contribution >= 4 is 17.6 Å². The number of carbonyl (C=O) groups is 2. The lowest BCUT2D eigenvalue weighted by atomic mass is 9.86. The van der Waals surface area contributed by atoms with Gasteiger partial charge in [-0.3, -0.25) is 9.69 Å². The van der Waals surface area contributed by atoms with Crippen LogP contribution in [0, 0.1) is 5.92 Å². The summed E-state index contributed by atoms with van der Waals surface area (Å²) < 4.78 is 38.9. The molecule has 32 heavy (non-hydrogen) atoms. The molecule has 1 aliphatic carbocycles. The van der Waals surface area contributed by atoms with E-state index in [2.05, 4.69) is 10.6 Å². The molecule has 1 aromatic carbocycles. The van der Waals surface area contributed by atoms with Gasteiger partial charge >= 0.3 is 12.2 Å². The molecule has 1 aromatic rings. The zero-order valence-corrected chi connectivity index (χ0v) is 18.4. The summed E-state index contributed by atoms with van der Waals surface area (Å²) in [6.45, 7) is 1.17. The fourth-order valence-electron chi connectivity index (χ4n) is 3.95. The molecule has 0 saturated heterocycles. The van der Waals surface area contributed by atoms with Crippen LogP contribution >= 0.6 is 0 Å². The number of carbonyl (C=O) groups excluding carboxylic acids is 2. The second-order valence-corrected chi connectivity index (χ2v) is 8.64. The molecule has 10 heteroatoms. The van der Waals surface area contributed by atoms with Crippen molar-refractivity contribution in [3.63, 3.8) is 0 Å². The molecular formula is C22H30F3N5O2. The lowest BCUT2D eigenvalue weighted by molar-refractivity contribution is -0.137. The van der Waals surface area contributed by atoms with E-state index >= 15 is 0 Å². The standard InChI is InChI=1S/C22H30F3N5O2/c1-28(2)14-20(31)26-13-16-6-8-18(9-7-16)27-21(32)30-11-10-29(15-30)19-5-3-4-17(12-19)22(23,24)25/h3-5,10-12,16,18H,6-9,13-15H2,1-2H3,(H,26,31)(H,27,32). The van der Waals surface area contributed by atoms with Crippen molar-refractivity contribution in [3.8, 4) is 0 Å². The van der Waals surface area contributed by atoms with E-state index in [4.69, 9.17) is 0 Å². The Labute approximate surface area is 186 Å². The summed E-state index contributed by atoms with van der Waals surface area (Å²) in [4.78, 5) is 29.3. The van der Waals surface area contributed by atoms with E-state index in [1.165, 1.54) is 11.0 Å². The molecule has 1 fully saturated rings. The Balaban J connectivity index is 1.42. The van der Waals surface area contributed by atoms with Crippen LogP contribution in [0.2, 0.25) is 0 Å². The molecule has 3 amide bonds. The molecule has 1 aliphatic heterocycles. The van der Waals surface area contributed by atoms with Crippen LogP contribution in [0.4, 0.5) is 23.7 Å². The summed E-state index contributed by atoms with van der Waals surface area (Å²) in [6, 6.07) is 4.82. The molecule has 0 unspecified atom stereocenters. The average Bonchev–Trinajstić information content (AvgIpc) is 3.23. The zero-order valence-electron chi connectivity index (χ0n) is 18.4. The Bertz CT molecular complexity index is 835. The monoisotopic (exact) mass is 453 g/mol. The fraction of sp³-hybridized carbons (Fsp3) is 0.545. The Morgan fingerprint density at radius 3 is 2.50 bits per heavy atom. The number of urea groups is 1. The topological polar surface area (TPSA) is 67.9 Å². The largest absolute Gasteiger partial charge is 0.416 e. The maximum absolute atomic E-state index is 13.0. The predicted octanol–water partition coefficient (Wildman–Crippen LogP) is 3.20. The van der Waals surface area contributed by atoms with Crippen molar-refractivity contribution in [1.82, 2.24) is 20.4 Å².